The van der Waals surface area contributed by atoms with Crippen molar-refractivity contribution in [3.8, 4) is 0 Å². The number of aryl methyl sites for hydroxylation is 1. The highest BCUT2D eigenvalue weighted by molar-refractivity contribution is 6.28. The lowest BCUT2D eigenvalue weighted by atomic mass is 10.2. The van der Waals surface area contributed by atoms with Crippen LogP contribution in [0.4, 0.5) is 5.82 Å². The average Bonchev–Trinajstić information content (AvgIpc) is 2.49. The van der Waals surface area contributed by atoms with Crippen molar-refractivity contribution in [1.82, 2.24) is 9.97 Å². The largest absolute Gasteiger partial charge is 0.354 e. The minimum atomic E-state index is 0.346. The molecule has 3 nitrogen and oxygen atoms in total. The predicted octanol–water partition coefficient (Wildman–Crippen LogP) is 2.43. The first-order chi connectivity index (χ1) is 6.66. The Morgan fingerprint density at radius 2 is 2.29 bits per heavy atom. The van der Waals surface area contributed by atoms with E-state index in [0.717, 1.165) is 18.1 Å². The Balaban J connectivity index is 2.31. The Kier molecular flexibility index (Phi) is 2.59. The molecule has 2 heterocycles. The lowest BCUT2D eigenvalue weighted by Gasteiger charge is -2.22. The van der Waals surface area contributed by atoms with Gasteiger partial charge in [-0.1, -0.05) is 0 Å². The molecule has 0 aliphatic carbocycles. The molecule has 0 saturated carbocycles. The molecule has 1 aromatic heterocycles. The summed E-state index contributed by atoms with van der Waals surface area (Å²) in [6.45, 7) is 5.24. The van der Waals surface area contributed by atoms with Crippen LogP contribution in [-0.4, -0.2) is 22.6 Å². The predicted molar refractivity (Wildman–Crippen MR) is 57.8 cm³/mol. The maximum atomic E-state index is 5.83. The van der Waals surface area contributed by atoms with E-state index in [1.54, 1.807) is 0 Å². The molecule has 1 atom stereocenters. The lowest BCUT2D eigenvalue weighted by Crippen LogP contribution is -2.27. The zero-order valence-corrected chi connectivity index (χ0v) is 9.25. The van der Waals surface area contributed by atoms with Crippen LogP contribution in [0, 0.1) is 6.92 Å². The number of rotatable bonds is 1. The van der Waals surface area contributed by atoms with E-state index in [1.165, 1.54) is 12.8 Å². The summed E-state index contributed by atoms with van der Waals surface area (Å²) in [5, 5.41) is 0.346. The zero-order chi connectivity index (χ0) is 10.1. The molecule has 1 unspecified atom stereocenters. The molecule has 0 N–H and O–H groups in total. The van der Waals surface area contributed by atoms with Crippen LogP contribution < -0.4 is 4.90 Å². The fourth-order valence-electron chi connectivity index (χ4n) is 1.94. The van der Waals surface area contributed by atoms with E-state index >= 15 is 0 Å². The fraction of sp³-hybridized carbons (Fsp3) is 0.600. The smallest absolute Gasteiger partial charge is 0.224 e. The minimum Gasteiger partial charge on any atom is -0.354 e. The van der Waals surface area contributed by atoms with Crippen LogP contribution in [0.15, 0.2) is 6.07 Å². The minimum absolute atomic E-state index is 0.346. The van der Waals surface area contributed by atoms with Crippen molar-refractivity contribution in [1.29, 1.82) is 0 Å². The Morgan fingerprint density at radius 3 is 2.86 bits per heavy atom. The van der Waals surface area contributed by atoms with Gasteiger partial charge in [0.1, 0.15) is 5.82 Å². The molecule has 1 aliphatic rings. The molecule has 0 aromatic carbocycles. The van der Waals surface area contributed by atoms with Gasteiger partial charge in [0.2, 0.25) is 5.28 Å². The summed E-state index contributed by atoms with van der Waals surface area (Å²) in [5.74, 6) is 0.965. The summed E-state index contributed by atoms with van der Waals surface area (Å²) in [6, 6.07) is 2.56. The van der Waals surface area contributed by atoms with Gasteiger partial charge in [-0.3, -0.25) is 0 Å². The first kappa shape index (κ1) is 9.71. The normalized spacial score (nSPS) is 21.6. The Morgan fingerprint density at radius 1 is 1.50 bits per heavy atom. The van der Waals surface area contributed by atoms with E-state index in [-0.39, 0.29) is 0 Å². The molecule has 2 rings (SSSR count). The quantitative estimate of drug-likeness (QED) is 0.669. The van der Waals surface area contributed by atoms with Crippen molar-refractivity contribution < 1.29 is 0 Å². The number of hydrogen-bond acceptors (Lipinski definition) is 3. The van der Waals surface area contributed by atoms with Gasteiger partial charge in [0.25, 0.3) is 0 Å². The summed E-state index contributed by atoms with van der Waals surface area (Å²) in [6.07, 6.45) is 2.47. The number of anilines is 1. The molecule has 76 valence electrons. The third-order valence-electron chi connectivity index (χ3n) is 2.66. The number of aromatic nitrogens is 2. The first-order valence-electron chi connectivity index (χ1n) is 4.94. The van der Waals surface area contributed by atoms with E-state index in [9.17, 15) is 0 Å². The maximum absolute atomic E-state index is 5.83. The second kappa shape index (κ2) is 3.73. The molecule has 0 radical (unpaired) electrons. The molecule has 0 amide bonds. The molecule has 1 aliphatic heterocycles. The highest BCUT2D eigenvalue weighted by atomic mass is 35.5. The summed E-state index contributed by atoms with van der Waals surface area (Å²) in [5.41, 5.74) is 0.930. The molecule has 14 heavy (non-hydrogen) atoms. The van der Waals surface area contributed by atoms with Gasteiger partial charge in [-0.25, -0.2) is 9.97 Å². The third kappa shape index (κ3) is 1.82. The summed E-state index contributed by atoms with van der Waals surface area (Å²) in [7, 11) is 0. The van der Waals surface area contributed by atoms with Crippen LogP contribution in [0.1, 0.15) is 25.5 Å². The van der Waals surface area contributed by atoms with Crippen LogP contribution in [0.25, 0.3) is 0 Å². The van der Waals surface area contributed by atoms with Gasteiger partial charge in [-0.05, 0) is 38.3 Å². The number of hydrogen-bond donors (Lipinski definition) is 0. The van der Waals surface area contributed by atoms with Gasteiger partial charge < -0.3 is 4.90 Å². The number of nitrogens with zero attached hydrogens (tertiary/aromatic N) is 3. The summed E-state index contributed by atoms with van der Waals surface area (Å²) < 4.78 is 0. The van der Waals surface area contributed by atoms with Gasteiger partial charge in [0.15, 0.2) is 0 Å². The van der Waals surface area contributed by atoms with Crippen LogP contribution in [0.3, 0.4) is 0 Å². The van der Waals surface area contributed by atoms with Gasteiger partial charge in [0, 0.05) is 24.3 Å². The van der Waals surface area contributed by atoms with Crippen molar-refractivity contribution in [3.05, 3.63) is 17.0 Å². The van der Waals surface area contributed by atoms with Crippen LogP contribution in [-0.2, 0) is 0 Å². The second-order valence-corrected chi connectivity index (χ2v) is 4.16. The van der Waals surface area contributed by atoms with Gasteiger partial charge >= 0.3 is 0 Å². The van der Waals surface area contributed by atoms with Crippen molar-refractivity contribution in [2.45, 2.75) is 32.7 Å². The van der Waals surface area contributed by atoms with Crippen molar-refractivity contribution >= 4 is 17.4 Å². The second-order valence-electron chi connectivity index (χ2n) is 3.82. The first-order valence-corrected chi connectivity index (χ1v) is 5.32. The molecular formula is C10H14ClN3. The highest BCUT2D eigenvalue weighted by Crippen LogP contribution is 2.24. The SMILES string of the molecule is Cc1cc(N2CCCC2C)nc(Cl)n1. The molecular weight excluding hydrogens is 198 g/mol. The van der Waals surface area contributed by atoms with Crippen LogP contribution in [0.5, 0.6) is 0 Å². The summed E-state index contributed by atoms with van der Waals surface area (Å²) >= 11 is 5.83. The Labute approximate surface area is 89.1 Å². The lowest BCUT2D eigenvalue weighted by molar-refractivity contribution is 0.725. The van der Waals surface area contributed by atoms with Crippen molar-refractivity contribution in [3.63, 3.8) is 0 Å². The van der Waals surface area contributed by atoms with Crippen molar-refractivity contribution in [2.75, 3.05) is 11.4 Å². The third-order valence-corrected chi connectivity index (χ3v) is 2.83. The number of halogens is 1. The maximum Gasteiger partial charge on any atom is 0.224 e. The topological polar surface area (TPSA) is 29.0 Å². The van der Waals surface area contributed by atoms with Gasteiger partial charge in [-0.15, -0.1) is 0 Å². The van der Waals surface area contributed by atoms with Crippen LogP contribution >= 0.6 is 11.6 Å². The standard InChI is InChI=1S/C10H14ClN3/c1-7-6-9(13-10(11)12-7)14-5-3-4-8(14)2/h6,8H,3-5H2,1-2H3. The molecule has 1 fully saturated rings. The zero-order valence-electron chi connectivity index (χ0n) is 8.50. The Hall–Kier alpha value is -0.830. The molecule has 1 saturated heterocycles. The fourth-order valence-corrected chi connectivity index (χ4v) is 2.16. The van der Waals surface area contributed by atoms with Gasteiger partial charge in [0.05, 0.1) is 0 Å². The van der Waals surface area contributed by atoms with Crippen molar-refractivity contribution in [2.24, 2.45) is 0 Å². The molecule has 0 spiro atoms. The van der Waals surface area contributed by atoms with E-state index in [2.05, 4.69) is 21.8 Å². The van der Waals surface area contributed by atoms with E-state index < -0.39 is 0 Å². The summed E-state index contributed by atoms with van der Waals surface area (Å²) in [4.78, 5) is 10.6. The van der Waals surface area contributed by atoms with E-state index in [0.29, 0.717) is 11.3 Å². The van der Waals surface area contributed by atoms with Gasteiger partial charge in [-0.2, -0.15) is 0 Å². The monoisotopic (exact) mass is 211 g/mol. The molecule has 4 heteroatoms. The molecule has 1 aromatic rings. The Bertz CT molecular complexity index is 320. The van der Waals surface area contributed by atoms with E-state index in [4.69, 9.17) is 11.6 Å². The molecule has 0 bridgehead atoms. The van der Waals surface area contributed by atoms with Crippen LogP contribution in [0.2, 0.25) is 5.28 Å². The highest BCUT2D eigenvalue weighted by Gasteiger charge is 2.21. The van der Waals surface area contributed by atoms with E-state index in [1.807, 2.05) is 13.0 Å². The average molecular weight is 212 g/mol.